The van der Waals surface area contributed by atoms with Crippen molar-refractivity contribution in [1.29, 1.82) is 0 Å². The second-order valence-corrected chi connectivity index (χ2v) is 8.94. The molecule has 6 rings (SSSR count). The van der Waals surface area contributed by atoms with E-state index in [-0.39, 0.29) is 29.6 Å². The summed E-state index contributed by atoms with van der Waals surface area (Å²) in [5.74, 6) is 0.882. The topological polar surface area (TPSA) is 29.1 Å². The minimum Gasteiger partial charge on any atom is -0.324 e. The van der Waals surface area contributed by atoms with Crippen LogP contribution in [0.3, 0.4) is 0 Å². The number of carbonyl (C=O) groups is 1. The predicted molar refractivity (Wildman–Crippen MR) is 118 cm³/mol. The van der Waals surface area contributed by atoms with Crippen molar-refractivity contribution in [2.75, 3.05) is 5.32 Å². The van der Waals surface area contributed by atoms with Crippen molar-refractivity contribution >= 4 is 23.2 Å². The van der Waals surface area contributed by atoms with Crippen LogP contribution in [0, 0.1) is 17.8 Å². The van der Waals surface area contributed by atoms with Crippen molar-refractivity contribution in [1.82, 2.24) is 0 Å². The Morgan fingerprint density at radius 2 is 1.28 bits per heavy atom. The fourth-order valence-corrected chi connectivity index (χ4v) is 5.81. The predicted octanol–water partition coefficient (Wildman–Crippen LogP) is 6.46. The number of benzene rings is 3. The molecule has 0 saturated carbocycles. The molecule has 2 bridgehead atoms. The Labute approximate surface area is 176 Å². The molecule has 3 aliphatic carbocycles. The molecule has 146 valence electrons. The van der Waals surface area contributed by atoms with Crippen LogP contribution in [0.2, 0.25) is 5.02 Å². The molecular weight excluding hydrogens is 378 g/mol. The lowest BCUT2D eigenvalue weighted by Gasteiger charge is -2.51. The van der Waals surface area contributed by atoms with E-state index in [1.165, 1.54) is 22.3 Å². The Bertz CT molecular complexity index is 1040. The highest BCUT2D eigenvalue weighted by atomic mass is 35.5. The maximum atomic E-state index is 13.7. The van der Waals surface area contributed by atoms with Gasteiger partial charge in [0.2, 0.25) is 5.91 Å². The zero-order chi connectivity index (χ0) is 20.1. The van der Waals surface area contributed by atoms with E-state index >= 15 is 0 Å². The summed E-state index contributed by atoms with van der Waals surface area (Å²) in [6, 6.07) is 24.8. The van der Waals surface area contributed by atoms with Gasteiger partial charge in [0.1, 0.15) is 0 Å². The van der Waals surface area contributed by atoms with E-state index in [1.807, 2.05) is 24.3 Å². The number of rotatable bonds is 3. The molecule has 3 heteroatoms. The second kappa shape index (κ2) is 7.03. The molecule has 3 aromatic carbocycles. The van der Waals surface area contributed by atoms with Crippen LogP contribution in [0.1, 0.15) is 47.9 Å². The highest BCUT2D eigenvalue weighted by molar-refractivity contribution is 6.33. The van der Waals surface area contributed by atoms with Gasteiger partial charge in [0.05, 0.1) is 16.6 Å². The molecule has 2 atom stereocenters. The highest BCUT2D eigenvalue weighted by Gasteiger charge is 2.53. The van der Waals surface area contributed by atoms with Gasteiger partial charge in [-0.05, 0) is 46.2 Å². The zero-order valence-corrected chi connectivity index (χ0v) is 17.4. The molecule has 3 aliphatic rings. The van der Waals surface area contributed by atoms with E-state index in [4.69, 9.17) is 11.6 Å². The number of nitrogens with one attached hydrogen (secondary N) is 1. The largest absolute Gasteiger partial charge is 0.324 e. The van der Waals surface area contributed by atoms with E-state index in [1.54, 1.807) is 0 Å². The van der Waals surface area contributed by atoms with E-state index in [9.17, 15) is 4.79 Å². The molecule has 0 spiro atoms. The average Bonchev–Trinajstić information content (AvgIpc) is 2.74. The van der Waals surface area contributed by atoms with Crippen molar-refractivity contribution in [3.05, 3.63) is 100 Å². The van der Waals surface area contributed by atoms with Crippen molar-refractivity contribution < 1.29 is 4.79 Å². The fourth-order valence-electron chi connectivity index (χ4n) is 5.63. The molecule has 1 N–H and O–H groups in total. The van der Waals surface area contributed by atoms with Crippen LogP contribution >= 0.6 is 11.6 Å². The number of carbonyl (C=O) groups excluding carboxylic acids is 1. The Hall–Kier alpha value is -2.58. The van der Waals surface area contributed by atoms with Gasteiger partial charge in [-0.3, -0.25) is 4.79 Å². The number of amides is 1. The van der Waals surface area contributed by atoms with Gasteiger partial charge in [-0.25, -0.2) is 0 Å². The van der Waals surface area contributed by atoms with Gasteiger partial charge in [-0.1, -0.05) is 86.1 Å². The van der Waals surface area contributed by atoms with Crippen LogP contribution in [0.25, 0.3) is 0 Å². The molecule has 0 heterocycles. The lowest BCUT2D eigenvalue weighted by Crippen LogP contribution is -2.47. The summed E-state index contributed by atoms with van der Waals surface area (Å²) in [5.41, 5.74) is 6.05. The Kier molecular flexibility index (Phi) is 4.48. The standard InChI is InChI=1S/C26H24ClNO/c1-15(2)22-23-16-9-3-5-11-18(16)24(19-12-6-4-10-17(19)23)25(22)26(29)28-21-14-8-7-13-20(21)27/h3-15,22-25H,1-2H3,(H,28,29)/t22-,23?,24?,25+/m0/s1. The number of fused-ring (bicyclic) bond motifs is 1. The molecular formula is C26H24ClNO. The van der Waals surface area contributed by atoms with Crippen LogP contribution in [-0.4, -0.2) is 5.91 Å². The fraction of sp³-hybridized carbons (Fsp3) is 0.269. The van der Waals surface area contributed by atoms with Crippen molar-refractivity contribution in [3.63, 3.8) is 0 Å². The summed E-state index contributed by atoms with van der Waals surface area (Å²) in [7, 11) is 0. The molecule has 2 nitrogen and oxygen atoms in total. The average molecular weight is 402 g/mol. The van der Waals surface area contributed by atoms with E-state index in [2.05, 4.69) is 67.7 Å². The minimum absolute atomic E-state index is 0.0656. The first-order valence-corrected chi connectivity index (χ1v) is 10.7. The highest BCUT2D eigenvalue weighted by Crippen LogP contribution is 2.60. The van der Waals surface area contributed by atoms with Crippen LogP contribution in [0.15, 0.2) is 72.8 Å². The normalized spacial score (nSPS) is 24.1. The first-order chi connectivity index (χ1) is 14.1. The molecule has 0 radical (unpaired) electrons. The molecule has 0 aliphatic heterocycles. The van der Waals surface area contributed by atoms with E-state index in [0.29, 0.717) is 16.6 Å². The Balaban J connectivity index is 1.66. The molecule has 1 amide bonds. The lowest BCUT2D eigenvalue weighted by molar-refractivity contribution is -0.123. The number of anilines is 1. The van der Waals surface area contributed by atoms with Gasteiger partial charge in [0.25, 0.3) is 0 Å². The van der Waals surface area contributed by atoms with Crippen LogP contribution in [0.4, 0.5) is 5.69 Å². The first kappa shape index (κ1) is 18.4. The van der Waals surface area contributed by atoms with E-state index in [0.717, 1.165) is 0 Å². The van der Waals surface area contributed by atoms with Crippen LogP contribution in [-0.2, 0) is 4.79 Å². The SMILES string of the molecule is CC(C)[C@H]1C2c3ccccc3C(c3ccccc32)[C@@H]1C(=O)Nc1ccccc1Cl. The van der Waals surface area contributed by atoms with Crippen LogP contribution < -0.4 is 5.32 Å². The molecule has 0 unspecified atom stereocenters. The molecule has 0 fully saturated rings. The monoisotopic (exact) mass is 401 g/mol. The van der Waals surface area contributed by atoms with Gasteiger partial charge in [0, 0.05) is 11.8 Å². The van der Waals surface area contributed by atoms with Gasteiger partial charge in [-0.2, -0.15) is 0 Å². The van der Waals surface area contributed by atoms with E-state index < -0.39 is 0 Å². The molecule has 0 saturated heterocycles. The summed E-state index contributed by atoms with van der Waals surface area (Å²) in [6.45, 7) is 4.48. The maximum Gasteiger partial charge on any atom is 0.228 e. The van der Waals surface area contributed by atoms with Gasteiger partial charge in [0.15, 0.2) is 0 Å². The number of hydrogen-bond acceptors (Lipinski definition) is 1. The zero-order valence-electron chi connectivity index (χ0n) is 16.6. The summed E-state index contributed by atoms with van der Waals surface area (Å²) < 4.78 is 0. The summed E-state index contributed by atoms with van der Waals surface area (Å²) in [5, 5.41) is 3.71. The van der Waals surface area contributed by atoms with Gasteiger partial charge < -0.3 is 5.32 Å². The quantitative estimate of drug-likeness (QED) is 0.536. The molecule has 29 heavy (non-hydrogen) atoms. The third kappa shape index (κ3) is 2.81. The van der Waals surface area contributed by atoms with Crippen molar-refractivity contribution in [3.8, 4) is 0 Å². The number of para-hydroxylation sites is 1. The summed E-state index contributed by atoms with van der Waals surface area (Å²) >= 11 is 6.33. The molecule has 0 aromatic heterocycles. The minimum atomic E-state index is -0.124. The summed E-state index contributed by atoms with van der Waals surface area (Å²) in [6.07, 6.45) is 0. The van der Waals surface area contributed by atoms with Crippen molar-refractivity contribution in [2.45, 2.75) is 25.7 Å². The number of halogens is 1. The Morgan fingerprint density at radius 1 is 0.793 bits per heavy atom. The Morgan fingerprint density at radius 3 is 1.79 bits per heavy atom. The summed E-state index contributed by atoms with van der Waals surface area (Å²) in [4.78, 5) is 13.7. The lowest BCUT2D eigenvalue weighted by atomic mass is 9.52. The number of hydrogen-bond donors (Lipinski definition) is 1. The maximum absolute atomic E-state index is 13.7. The molecule has 3 aromatic rings. The first-order valence-electron chi connectivity index (χ1n) is 10.3. The van der Waals surface area contributed by atoms with Gasteiger partial charge >= 0.3 is 0 Å². The van der Waals surface area contributed by atoms with Crippen molar-refractivity contribution in [2.24, 2.45) is 17.8 Å². The van der Waals surface area contributed by atoms with Crippen LogP contribution in [0.5, 0.6) is 0 Å². The third-order valence-corrected chi connectivity index (χ3v) is 7.02. The smallest absolute Gasteiger partial charge is 0.228 e. The third-order valence-electron chi connectivity index (χ3n) is 6.70. The second-order valence-electron chi connectivity index (χ2n) is 8.53. The van der Waals surface area contributed by atoms with Gasteiger partial charge in [-0.15, -0.1) is 0 Å².